The van der Waals surface area contributed by atoms with E-state index < -0.39 is 10.0 Å². The monoisotopic (exact) mass is 426 g/mol. The topological polar surface area (TPSA) is 84.3 Å². The molecule has 0 unspecified atom stereocenters. The second kappa shape index (κ2) is 8.97. The largest absolute Gasteiger partial charge is 0.330 e. The Hall–Kier alpha value is -2.71. The Kier molecular flexibility index (Phi) is 6.15. The molecule has 0 atom stereocenters. The molecule has 2 heterocycles. The van der Waals surface area contributed by atoms with E-state index in [0.717, 1.165) is 36.7 Å². The second-order valence-electron chi connectivity index (χ2n) is 7.57. The third-order valence-electron chi connectivity index (χ3n) is 5.43. The van der Waals surface area contributed by atoms with Gasteiger partial charge in [-0.05, 0) is 43.2 Å². The molecule has 0 radical (unpaired) electrons. The van der Waals surface area contributed by atoms with E-state index in [9.17, 15) is 13.2 Å². The van der Waals surface area contributed by atoms with Gasteiger partial charge in [-0.2, -0.15) is 4.31 Å². The number of nitrogens with one attached hydrogen (secondary N) is 1. The molecule has 1 amide bonds. The number of nitrogens with zero attached hydrogens (tertiary/aromatic N) is 3. The van der Waals surface area contributed by atoms with Crippen LogP contribution in [0.4, 0.5) is 5.69 Å². The first-order valence-corrected chi connectivity index (χ1v) is 11.8. The van der Waals surface area contributed by atoms with Crippen molar-refractivity contribution in [1.29, 1.82) is 0 Å². The number of para-hydroxylation sites is 2. The maximum absolute atomic E-state index is 13.0. The van der Waals surface area contributed by atoms with Crippen molar-refractivity contribution in [3.63, 3.8) is 0 Å². The van der Waals surface area contributed by atoms with Gasteiger partial charge in [0.1, 0.15) is 0 Å². The van der Waals surface area contributed by atoms with Crippen LogP contribution in [0.1, 0.15) is 32.1 Å². The second-order valence-corrected chi connectivity index (χ2v) is 9.51. The van der Waals surface area contributed by atoms with Crippen molar-refractivity contribution in [3.05, 3.63) is 54.9 Å². The van der Waals surface area contributed by atoms with Crippen molar-refractivity contribution in [1.82, 2.24) is 13.9 Å². The molecule has 1 aromatic heterocycles. The zero-order valence-electron chi connectivity index (χ0n) is 16.8. The van der Waals surface area contributed by atoms with Crippen molar-refractivity contribution < 1.29 is 13.2 Å². The third-order valence-corrected chi connectivity index (χ3v) is 7.32. The third kappa shape index (κ3) is 4.55. The molecule has 4 rings (SSSR count). The Morgan fingerprint density at radius 3 is 2.57 bits per heavy atom. The quantitative estimate of drug-likeness (QED) is 0.652. The van der Waals surface area contributed by atoms with Crippen molar-refractivity contribution >= 4 is 32.7 Å². The molecule has 7 nitrogen and oxygen atoms in total. The molecule has 158 valence electrons. The molecular formula is C22H26N4O3S. The van der Waals surface area contributed by atoms with E-state index in [1.54, 1.807) is 34.9 Å². The molecule has 0 bridgehead atoms. The maximum Gasteiger partial charge on any atom is 0.243 e. The fraction of sp³-hybridized carbons (Fsp3) is 0.364. The summed E-state index contributed by atoms with van der Waals surface area (Å²) in [6, 6.07) is 14.3. The van der Waals surface area contributed by atoms with E-state index in [1.807, 2.05) is 28.8 Å². The normalized spacial score (nSPS) is 15.7. The number of sulfonamides is 1. The van der Waals surface area contributed by atoms with Gasteiger partial charge < -0.3 is 9.88 Å². The smallest absolute Gasteiger partial charge is 0.243 e. The van der Waals surface area contributed by atoms with Crippen LogP contribution >= 0.6 is 0 Å². The highest BCUT2D eigenvalue weighted by molar-refractivity contribution is 7.89. The van der Waals surface area contributed by atoms with Crippen LogP contribution in [0, 0.1) is 0 Å². The van der Waals surface area contributed by atoms with E-state index in [4.69, 9.17) is 0 Å². The molecule has 1 aliphatic heterocycles. The first kappa shape index (κ1) is 20.6. The van der Waals surface area contributed by atoms with Gasteiger partial charge >= 0.3 is 0 Å². The van der Waals surface area contributed by atoms with Gasteiger partial charge in [0.2, 0.25) is 15.9 Å². The summed E-state index contributed by atoms with van der Waals surface area (Å²) in [5.74, 6) is -0.169. The summed E-state index contributed by atoms with van der Waals surface area (Å²) in [5, 5.41) is 2.82. The SMILES string of the molecule is O=C(CCn1cnc2ccccc21)Nc1cccc(S(=O)(=O)N2CCCCCC2)c1. The molecule has 1 saturated heterocycles. The molecule has 3 aromatic rings. The number of imidazole rings is 1. The highest BCUT2D eigenvalue weighted by atomic mass is 32.2. The summed E-state index contributed by atoms with van der Waals surface area (Å²) in [4.78, 5) is 17.0. The van der Waals surface area contributed by atoms with Crippen molar-refractivity contribution in [2.24, 2.45) is 0 Å². The molecule has 2 aromatic carbocycles. The highest BCUT2D eigenvalue weighted by Crippen LogP contribution is 2.23. The maximum atomic E-state index is 13.0. The molecule has 30 heavy (non-hydrogen) atoms. The lowest BCUT2D eigenvalue weighted by Crippen LogP contribution is -2.32. The average Bonchev–Trinajstić information content (AvgIpc) is 2.95. The number of fused-ring (bicyclic) bond motifs is 1. The Balaban J connectivity index is 1.41. The number of carbonyl (C=O) groups is 1. The van der Waals surface area contributed by atoms with Crippen LogP contribution in [-0.2, 0) is 21.4 Å². The Bertz CT molecular complexity index is 1130. The number of benzene rings is 2. The van der Waals surface area contributed by atoms with Crippen LogP contribution in [0.15, 0.2) is 59.8 Å². The fourth-order valence-corrected chi connectivity index (χ4v) is 5.36. The predicted molar refractivity (Wildman–Crippen MR) is 117 cm³/mol. The minimum atomic E-state index is -3.55. The van der Waals surface area contributed by atoms with Crippen LogP contribution in [0.2, 0.25) is 0 Å². The minimum absolute atomic E-state index is 0.169. The van der Waals surface area contributed by atoms with Crippen LogP contribution in [0.5, 0.6) is 0 Å². The van der Waals surface area contributed by atoms with Crippen LogP contribution < -0.4 is 5.32 Å². The highest BCUT2D eigenvalue weighted by Gasteiger charge is 2.25. The van der Waals surface area contributed by atoms with E-state index in [0.29, 0.717) is 25.3 Å². The summed E-state index contributed by atoms with van der Waals surface area (Å²) in [6.07, 6.45) is 5.90. The number of hydrogen-bond acceptors (Lipinski definition) is 4. The van der Waals surface area contributed by atoms with Gasteiger partial charge in [-0.25, -0.2) is 13.4 Å². The van der Waals surface area contributed by atoms with Gasteiger partial charge in [-0.3, -0.25) is 4.79 Å². The Labute approximate surface area is 176 Å². The standard InChI is InChI=1S/C22H26N4O3S/c27-22(12-15-25-17-23-20-10-3-4-11-21(20)25)24-18-8-7-9-19(16-18)30(28,29)26-13-5-1-2-6-14-26/h3-4,7-11,16-17H,1-2,5-6,12-15H2,(H,24,27). The number of carbonyl (C=O) groups excluding carboxylic acids is 1. The number of rotatable bonds is 6. The number of aromatic nitrogens is 2. The van der Waals surface area contributed by atoms with E-state index in [-0.39, 0.29) is 17.2 Å². The molecule has 0 aliphatic carbocycles. The van der Waals surface area contributed by atoms with Crippen molar-refractivity contribution in [3.8, 4) is 0 Å². The summed E-state index contributed by atoms with van der Waals surface area (Å²) < 4.78 is 29.5. The summed E-state index contributed by atoms with van der Waals surface area (Å²) >= 11 is 0. The summed E-state index contributed by atoms with van der Waals surface area (Å²) in [7, 11) is -3.55. The zero-order valence-corrected chi connectivity index (χ0v) is 17.6. The lowest BCUT2D eigenvalue weighted by Gasteiger charge is -2.20. The van der Waals surface area contributed by atoms with E-state index in [2.05, 4.69) is 10.3 Å². The van der Waals surface area contributed by atoms with Gasteiger partial charge in [-0.1, -0.05) is 31.0 Å². The Morgan fingerprint density at radius 2 is 1.77 bits per heavy atom. The molecule has 1 aliphatic rings. The van der Waals surface area contributed by atoms with Gasteiger partial charge in [0, 0.05) is 31.7 Å². The lowest BCUT2D eigenvalue weighted by atomic mass is 10.2. The average molecular weight is 427 g/mol. The molecular weight excluding hydrogens is 400 g/mol. The molecule has 0 saturated carbocycles. The summed E-state index contributed by atoms with van der Waals surface area (Å²) in [6.45, 7) is 1.60. The molecule has 8 heteroatoms. The van der Waals surface area contributed by atoms with Gasteiger partial charge in [0.25, 0.3) is 0 Å². The minimum Gasteiger partial charge on any atom is -0.330 e. The zero-order chi connectivity index (χ0) is 21.0. The van der Waals surface area contributed by atoms with Crippen LogP contribution in [-0.4, -0.2) is 41.3 Å². The van der Waals surface area contributed by atoms with Crippen LogP contribution in [0.3, 0.4) is 0 Å². The molecule has 1 N–H and O–H groups in total. The number of anilines is 1. The first-order valence-electron chi connectivity index (χ1n) is 10.3. The number of amides is 1. The van der Waals surface area contributed by atoms with Crippen LogP contribution in [0.25, 0.3) is 11.0 Å². The van der Waals surface area contributed by atoms with E-state index >= 15 is 0 Å². The molecule has 1 fully saturated rings. The molecule has 0 spiro atoms. The Morgan fingerprint density at radius 1 is 1.00 bits per heavy atom. The van der Waals surface area contributed by atoms with E-state index in [1.165, 1.54) is 0 Å². The van der Waals surface area contributed by atoms with Gasteiger partial charge in [0.15, 0.2) is 0 Å². The lowest BCUT2D eigenvalue weighted by molar-refractivity contribution is -0.116. The van der Waals surface area contributed by atoms with Crippen molar-refractivity contribution in [2.75, 3.05) is 18.4 Å². The van der Waals surface area contributed by atoms with Gasteiger partial charge in [-0.15, -0.1) is 0 Å². The fourth-order valence-electron chi connectivity index (χ4n) is 3.80. The van der Waals surface area contributed by atoms with Gasteiger partial charge in [0.05, 0.1) is 22.3 Å². The number of aryl methyl sites for hydroxylation is 1. The first-order chi connectivity index (χ1) is 14.5. The predicted octanol–water partition coefficient (Wildman–Crippen LogP) is 3.63. The number of hydrogen-bond donors (Lipinski definition) is 1. The summed E-state index contributed by atoms with van der Waals surface area (Å²) in [5.41, 5.74) is 2.37. The van der Waals surface area contributed by atoms with Crippen molar-refractivity contribution in [2.45, 2.75) is 43.5 Å².